The van der Waals surface area contributed by atoms with Gasteiger partial charge in [-0.3, -0.25) is 0 Å². The zero-order chi connectivity index (χ0) is 32.7. The molecule has 4 heteroatoms. The number of nitriles is 1. The monoisotopic (exact) mass is 617 g/mol. The predicted octanol–water partition coefficient (Wildman–Crippen LogP) is 11.1. The average molecular weight is 618 g/mol. The van der Waals surface area contributed by atoms with Gasteiger partial charge in [0.2, 0.25) is 0 Å². The maximum Gasteiger partial charge on any atom is 0.160 e. The van der Waals surface area contributed by atoms with Crippen molar-refractivity contribution in [2.45, 2.75) is 19.3 Å². The molecular formula is C44H31N3O. The van der Waals surface area contributed by atoms with Crippen molar-refractivity contribution in [1.82, 2.24) is 9.97 Å². The van der Waals surface area contributed by atoms with Crippen LogP contribution >= 0.6 is 0 Å². The van der Waals surface area contributed by atoms with Crippen LogP contribution in [0, 0.1) is 11.3 Å². The minimum atomic E-state index is -0.395. The van der Waals surface area contributed by atoms with Crippen LogP contribution in [0.4, 0.5) is 0 Å². The maximum absolute atomic E-state index is 9.83. The molecule has 0 amide bonds. The third-order valence-corrected chi connectivity index (χ3v) is 9.18. The SMILES string of the molecule is CC1(C)c2cc(-c3ccc(-c4cc(-c5cccc(-c6ccccc6)c5)nc(-c5ccccc5)n4)cc3)ccc2Oc2cccc(C#N)c21. The summed E-state index contributed by atoms with van der Waals surface area (Å²) in [5.74, 6) is 2.25. The second-order valence-electron chi connectivity index (χ2n) is 12.6. The standard InChI is InChI=1S/C44H31N3O/c1-44(2)37-26-34(23-24-40(37)48-41-18-10-17-36(28-45)42(41)44)30-19-21-31(22-20-30)38-27-39(47-43(46-38)32-13-7-4-8-14-32)35-16-9-15-33(25-35)29-11-5-3-6-12-29/h3-27H,1-2H3. The Morgan fingerprint density at radius 3 is 1.79 bits per heavy atom. The molecule has 1 aliphatic rings. The van der Waals surface area contributed by atoms with Crippen molar-refractivity contribution >= 4 is 0 Å². The van der Waals surface area contributed by atoms with Gasteiger partial charge < -0.3 is 4.74 Å². The van der Waals surface area contributed by atoms with Crippen molar-refractivity contribution in [3.63, 3.8) is 0 Å². The molecule has 0 bridgehead atoms. The summed E-state index contributed by atoms with van der Waals surface area (Å²) in [5.41, 5.74) is 11.5. The highest BCUT2D eigenvalue weighted by Gasteiger charge is 2.36. The molecule has 8 rings (SSSR count). The Hall–Kier alpha value is -6.31. The highest BCUT2D eigenvalue weighted by Crippen LogP contribution is 2.50. The summed E-state index contributed by atoms with van der Waals surface area (Å²) in [6, 6.07) is 54.0. The van der Waals surface area contributed by atoms with Gasteiger partial charge in [-0.15, -0.1) is 0 Å². The van der Waals surface area contributed by atoms with E-state index < -0.39 is 5.41 Å². The third kappa shape index (κ3) is 5.22. The summed E-state index contributed by atoms with van der Waals surface area (Å²) < 4.78 is 6.29. The summed E-state index contributed by atoms with van der Waals surface area (Å²) in [5, 5.41) is 9.83. The van der Waals surface area contributed by atoms with E-state index in [-0.39, 0.29) is 0 Å². The lowest BCUT2D eigenvalue weighted by Gasteiger charge is -2.35. The second kappa shape index (κ2) is 11.8. The van der Waals surface area contributed by atoms with Gasteiger partial charge in [0.15, 0.2) is 5.82 Å². The molecule has 48 heavy (non-hydrogen) atoms. The van der Waals surface area contributed by atoms with E-state index in [9.17, 15) is 5.26 Å². The molecule has 1 aliphatic heterocycles. The minimum Gasteiger partial charge on any atom is -0.457 e. The normalized spacial score (nSPS) is 12.7. The van der Waals surface area contributed by atoms with E-state index in [4.69, 9.17) is 14.7 Å². The van der Waals surface area contributed by atoms with Crippen LogP contribution in [0.25, 0.3) is 56.2 Å². The van der Waals surface area contributed by atoms with Crippen molar-refractivity contribution in [2.24, 2.45) is 0 Å². The highest BCUT2D eigenvalue weighted by molar-refractivity contribution is 5.77. The van der Waals surface area contributed by atoms with Crippen LogP contribution < -0.4 is 4.74 Å². The molecule has 0 radical (unpaired) electrons. The molecule has 0 N–H and O–H groups in total. The van der Waals surface area contributed by atoms with Gasteiger partial charge in [0.25, 0.3) is 0 Å². The lowest BCUT2D eigenvalue weighted by molar-refractivity contribution is 0.417. The first-order chi connectivity index (χ1) is 23.5. The van der Waals surface area contributed by atoms with E-state index in [1.165, 1.54) is 5.56 Å². The molecule has 7 aromatic rings. The maximum atomic E-state index is 9.83. The smallest absolute Gasteiger partial charge is 0.160 e. The van der Waals surface area contributed by atoms with Crippen molar-refractivity contribution in [3.8, 4) is 73.7 Å². The summed E-state index contributed by atoms with van der Waals surface area (Å²) in [6.45, 7) is 4.32. The van der Waals surface area contributed by atoms with E-state index >= 15 is 0 Å². The Kier molecular flexibility index (Phi) is 7.16. The van der Waals surface area contributed by atoms with Crippen molar-refractivity contribution in [2.75, 3.05) is 0 Å². The summed E-state index contributed by atoms with van der Waals surface area (Å²) in [6.07, 6.45) is 0. The molecule has 0 saturated carbocycles. The van der Waals surface area contributed by atoms with E-state index in [1.54, 1.807) is 0 Å². The van der Waals surface area contributed by atoms with Gasteiger partial charge >= 0.3 is 0 Å². The van der Waals surface area contributed by atoms with Gasteiger partial charge in [0.05, 0.1) is 23.0 Å². The van der Waals surface area contributed by atoms with Gasteiger partial charge in [0, 0.05) is 33.2 Å². The average Bonchev–Trinajstić information content (AvgIpc) is 3.15. The first-order valence-corrected chi connectivity index (χ1v) is 16.0. The Morgan fingerprint density at radius 1 is 0.500 bits per heavy atom. The topological polar surface area (TPSA) is 58.8 Å². The van der Waals surface area contributed by atoms with Gasteiger partial charge in [-0.25, -0.2) is 9.97 Å². The molecule has 0 fully saturated rings. The quantitative estimate of drug-likeness (QED) is 0.193. The summed E-state index contributed by atoms with van der Waals surface area (Å²) >= 11 is 0. The Balaban J connectivity index is 1.17. The molecule has 0 spiro atoms. The first-order valence-electron chi connectivity index (χ1n) is 16.0. The number of nitrogens with zero attached hydrogens (tertiary/aromatic N) is 3. The van der Waals surface area contributed by atoms with Crippen LogP contribution in [0.2, 0.25) is 0 Å². The van der Waals surface area contributed by atoms with E-state index in [2.05, 4.69) is 111 Å². The van der Waals surface area contributed by atoms with Crippen LogP contribution in [-0.2, 0) is 5.41 Å². The molecule has 0 unspecified atom stereocenters. The van der Waals surface area contributed by atoms with Crippen molar-refractivity contribution in [3.05, 3.63) is 168 Å². The Morgan fingerprint density at radius 2 is 1.06 bits per heavy atom. The van der Waals surface area contributed by atoms with Crippen LogP contribution in [0.5, 0.6) is 11.5 Å². The number of fused-ring (bicyclic) bond motifs is 2. The highest BCUT2D eigenvalue weighted by atomic mass is 16.5. The Bertz CT molecular complexity index is 2340. The van der Waals surface area contributed by atoms with Crippen molar-refractivity contribution in [1.29, 1.82) is 5.26 Å². The molecule has 0 atom stereocenters. The van der Waals surface area contributed by atoms with Gasteiger partial charge in [0.1, 0.15) is 11.5 Å². The number of benzene rings is 6. The number of hydrogen-bond acceptors (Lipinski definition) is 4. The number of hydrogen-bond donors (Lipinski definition) is 0. The lowest BCUT2D eigenvalue weighted by atomic mass is 9.73. The number of aromatic nitrogens is 2. The molecular weight excluding hydrogens is 587 g/mol. The van der Waals surface area contributed by atoms with Crippen molar-refractivity contribution < 1.29 is 4.74 Å². The van der Waals surface area contributed by atoms with Crippen LogP contribution in [-0.4, -0.2) is 9.97 Å². The van der Waals surface area contributed by atoms with Crippen LogP contribution in [0.3, 0.4) is 0 Å². The van der Waals surface area contributed by atoms with Gasteiger partial charge in [-0.05, 0) is 58.7 Å². The summed E-state index contributed by atoms with van der Waals surface area (Å²) in [7, 11) is 0. The molecule has 1 aromatic heterocycles. The fourth-order valence-corrected chi connectivity index (χ4v) is 6.68. The third-order valence-electron chi connectivity index (χ3n) is 9.18. The van der Waals surface area contributed by atoms with Crippen LogP contribution in [0.1, 0.15) is 30.5 Å². The number of rotatable bonds is 5. The van der Waals surface area contributed by atoms with E-state index in [0.29, 0.717) is 11.4 Å². The zero-order valence-electron chi connectivity index (χ0n) is 26.7. The largest absolute Gasteiger partial charge is 0.457 e. The van der Waals surface area contributed by atoms with E-state index in [1.807, 2.05) is 60.7 Å². The molecule has 6 aromatic carbocycles. The van der Waals surface area contributed by atoms with E-state index in [0.717, 1.165) is 67.4 Å². The first kappa shape index (κ1) is 29.1. The fourth-order valence-electron chi connectivity index (χ4n) is 6.68. The van der Waals surface area contributed by atoms with Gasteiger partial charge in [-0.2, -0.15) is 5.26 Å². The molecule has 0 saturated heterocycles. The number of ether oxygens (including phenoxy) is 1. The molecule has 2 heterocycles. The lowest BCUT2D eigenvalue weighted by Crippen LogP contribution is -2.25. The molecule has 4 nitrogen and oxygen atoms in total. The fraction of sp³-hybridized carbons (Fsp3) is 0.0682. The Labute approximate surface area is 280 Å². The predicted molar refractivity (Wildman–Crippen MR) is 193 cm³/mol. The van der Waals surface area contributed by atoms with Crippen LogP contribution in [0.15, 0.2) is 152 Å². The van der Waals surface area contributed by atoms with Gasteiger partial charge in [-0.1, -0.05) is 129 Å². The molecule has 0 aliphatic carbocycles. The zero-order valence-corrected chi connectivity index (χ0v) is 26.7. The second-order valence-corrected chi connectivity index (χ2v) is 12.6. The molecule has 228 valence electrons. The minimum absolute atomic E-state index is 0.395. The summed E-state index contributed by atoms with van der Waals surface area (Å²) in [4.78, 5) is 10.1.